The number of hydrogen-bond acceptors (Lipinski definition) is 2. The summed E-state index contributed by atoms with van der Waals surface area (Å²) < 4.78 is 0. The van der Waals surface area contributed by atoms with Crippen molar-refractivity contribution in [3.8, 4) is 11.3 Å². The third-order valence-corrected chi connectivity index (χ3v) is 3.63. The van der Waals surface area contributed by atoms with Gasteiger partial charge in [0.05, 0.1) is 5.69 Å². The lowest BCUT2D eigenvalue weighted by atomic mass is 9.97. The summed E-state index contributed by atoms with van der Waals surface area (Å²) in [5.74, 6) is 0.739. The van der Waals surface area contributed by atoms with Crippen LogP contribution in [0.15, 0.2) is 16.9 Å². The minimum absolute atomic E-state index is 0.0421. The van der Waals surface area contributed by atoms with E-state index < -0.39 is 0 Å². The van der Waals surface area contributed by atoms with Gasteiger partial charge in [0.25, 0.3) is 5.56 Å². The van der Waals surface area contributed by atoms with Gasteiger partial charge in [0.15, 0.2) is 0 Å². The highest BCUT2D eigenvalue weighted by atomic mass is 16.1. The summed E-state index contributed by atoms with van der Waals surface area (Å²) in [5.41, 5.74) is 6.15. The molecule has 2 aromatic rings. The smallest absolute Gasteiger partial charge is 0.254 e. The number of nitrogens with zero attached hydrogens (tertiary/aromatic N) is 1. The fourth-order valence-electron chi connectivity index (χ4n) is 2.22. The van der Waals surface area contributed by atoms with E-state index in [1.54, 1.807) is 0 Å². The first-order chi connectivity index (χ1) is 8.93. The number of aromatic nitrogens is 2. The lowest BCUT2D eigenvalue weighted by Crippen LogP contribution is -2.16. The van der Waals surface area contributed by atoms with Crippen LogP contribution in [0.2, 0.25) is 0 Å². The molecule has 2 rings (SSSR count). The van der Waals surface area contributed by atoms with Crippen LogP contribution in [-0.4, -0.2) is 9.97 Å². The van der Waals surface area contributed by atoms with Crippen molar-refractivity contribution >= 4 is 0 Å². The molecule has 0 aliphatic heterocycles. The Kier molecular flexibility index (Phi) is 3.56. The highest BCUT2D eigenvalue weighted by Crippen LogP contribution is 2.26. The SMILES string of the molecule is CCc1nc(-c2cc(C)c(C)cc2C)c(C)c(=O)[nH]1. The molecule has 0 saturated carbocycles. The van der Waals surface area contributed by atoms with E-state index in [-0.39, 0.29) is 5.56 Å². The van der Waals surface area contributed by atoms with Crippen LogP contribution in [0.3, 0.4) is 0 Å². The molecule has 0 aliphatic rings. The summed E-state index contributed by atoms with van der Waals surface area (Å²) in [5, 5.41) is 0. The first-order valence-electron chi connectivity index (χ1n) is 6.62. The Labute approximate surface area is 113 Å². The van der Waals surface area contributed by atoms with E-state index in [0.717, 1.165) is 29.1 Å². The first kappa shape index (κ1) is 13.5. The van der Waals surface area contributed by atoms with Crippen LogP contribution in [0.1, 0.15) is 35.0 Å². The average molecular weight is 256 g/mol. The van der Waals surface area contributed by atoms with Crippen molar-refractivity contribution in [2.75, 3.05) is 0 Å². The molecule has 1 aromatic heterocycles. The van der Waals surface area contributed by atoms with Crippen LogP contribution in [0.25, 0.3) is 11.3 Å². The molecule has 19 heavy (non-hydrogen) atoms. The minimum Gasteiger partial charge on any atom is -0.310 e. The Bertz CT molecular complexity index is 684. The second-order valence-electron chi connectivity index (χ2n) is 5.09. The van der Waals surface area contributed by atoms with E-state index in [2.05, 4.69) is 42.9 Å². The van der Waals surface area contributed by atoms with Crippen molar-refractivity contribution in [2.45, 2.75) is 41.0 Å². The van der Waals surface area contributed by atoms with Gasteiger partial charge in [-0.15, -0.1) is 0 Å². The van der Waals surface area contributed by atoms with Crippen molar-refractivity contribution in [1.29, 1.82) is 0 Å². The molecule has 3 nitrogen and oxygen atoms in total. The van der Waals surface area contributed by atoms with Gasteiger partial charge in [0, 0.05) is 17.5 Å². The number of H-pyrrole nitrogens is 1. The van der Waals surface area contributed by atoms with Crippen molar-refractivity contribution < 1.29 is 0 Å². The van der Waals surface area contributed by atoms with Crippen LogP contribution in [0, 0.1) is 27.7 Å². The number of rotatable bonds is 2. The van der Waals surface area contributed by atoms with E-state index in [9.17, 15) is 4.79 Å². The minimum atomic E-state index is -0.0421. The summed E-state index contributed by atoms with van der Waals surface area (Å²) in [6.45, 7) is 10.1. The van der Waals surface area contributed by atoms with E-state index in [0.29, 0.717) is 5.56 Å². The monoisotopic (exact) mass is 256 g/mol. The molecule has 0 fully saturated rings. The highest BCUT2D eigenvalue weighted by Gasteiger charge is 2.12. The molecular formula is C16H20N2O. The van der Waals surface area contributed by atoms with Crippen LogP contribution < -0.4 is 5.56 Å². The van der Waals surface area contributed by atoms with E-state index >= 15 is 0 Å². The number of benzene rings is 1. The molecule has 1 N–H and O–H groups in total. The summed E-state index contributed by atoms with van der Waals surface area (Å²) >= 11 is 0. The van der Waals surface area contributed by atoms with Crippen LogP contribution >= 0.6 is 0 Å². The Hall–Kier alpha value is -1.90. The van der Waals surface area contributed by atoms with Gasteiger partial charge in [-0.3, -0.25) is 4.79 Å². The molecule has 0 spiro atoms. The third kappa shape index (κ3) is 2.46. The second kappa shape index (κ2) is 5.00. The second-order valence-corrected chi connectivity index (χ2v) is 5.09. The maximum atomic E-state index is 12.0. The van der Waals surface area contributed by atoms with Crippen molar-refractivity contribution in [3.63, 3.8) is 0 Å². The highest BCUT2D eigenvalue weighted by molar-refractivity contribution is 5.67. The lowest BCUT2D eigenvalue weighted by Gasteiger charge is -2.12. The standard InChI is InChI=1S/C16H20N2O/c1-6-14-17-15(12(5)16(19)18-14)13-8-10(3)9(2)7-11(13)4/h7-8H,6H2,1-5H3,(H,17,18,19). The van der Waals surface area contributed by atoms with Gasteiger partial charge >= 0.3 is 0 Å². The Balaban J connectivity index is 2.75. The zero-order valence-electron chi connectivity index (χ0n) is 12.2. The van der Waals surface area contributed by atoms with Crippen LogP contribution in [0.5, 0.6) is 0 Å². The first-order valence-corrected chi connectivity index (χ1v) is 6.62. The molecule has 0 radical (unpaired) electrons. The molecule has 1 aromatic carbocycles. The van der Waals surface area contributed by atoms with Gasteiger partial charge in [-0.2, -0.15) is 0 Å². The average Bonchev–Trinajstić information content (AvgIpc) is 2.37. The predicted molar refractivity (Wildman–Crippen MR) is 78.6 cm³/mol. The summed E-state index contributed by atoms with van der Waals surface area (Å²) in [6.07, 6.45) is 0.729. The van der Waals surface area contributed by atoms with E-state index in [1.165, 1.54) is 11.1 Å². The Morgan fingerprint density at radius 3 is 2.32 bits per heavy atom. The quantitative estimate of drug-likeness (QED) is 0.896. The molecule has 0 unspecified atom stereocenters. The molecule has 0 amide bonds. The Morgan fingerprint density at radius 2 is 1.68 bits per heavy atom. The zero-order valence-corrected chi connectivity index (χ0v) is 12.2. The molecule has 0 saturated heterocycles. The maximum absolute atomic E-state index is 12.0. The molecule has 3 heteroatoms. The molecule has 0 atom stereocenters. The molecule has 1 heterocycles. The fraction of sp³-hybridized carbons (Fsp3) is 0.375. The van der Waals surface area contributed by atoms with Crippen molar-refractivity contribution in [3.05, 3.63) is 50.6 Å². The van der Waals surface area contributed by atoms with Crippen molar-refractivity contribution in [1.82, 2.24) is 9.97 Å². The third-order valence-electron chi connectivity index (χ3n) is 3.63. The van der Waals surface area contributed by atoms with Gasteiger partial charge in [0.2, 0.25) is 0 Å². The molecule has 0 aliphatic carbocycles. The largest absolute Gasteiger partial charge is 0.310 e. The molecule has 0 bridgehead atoms. The summed E-state index contributed by atoms with van der Waals surface area (Å²) in [6, 6.07) is 4.28. The van der Waals surface area contributed by atoms with Crippen LogP contribution in [0.4, 0.5) is 0 Å². The lowest BCUT2D eigenvalue weighted by molar-refractivity contribution is 0.911. The van der Waals surface area contributed by atoms with Crippen molar-refractivity contribution in [2.24, 2.45) is 0 Å². The molecular weight excluding hydrogens is 236 g/mol. The van der Waals surface area contributed by atoms with Gasteiger partial charge in [-0.25, -0.2) is 4.98 Å². The number of aryl methyl sites for hydroxylation is 4. The number of nitrogens with one attached hydrogen (secondary N) is 1. The topological polar surface area (TPSA) is 45.8 Å². The number of aromatic amines is 1. The zero-order chi connectivity index (χ0) is 14.2. The van der Waals surface area contributed by atoms with E-state index in [4.69, 9.17) is 0 Å². The Morgan fingerprint density at radius 1 is 1.05 bits per heavy atom. The fourth-order valence-corrected chi connectivity index (χ4v) is 2.22. The summed E-state index contributed by atoms with van der Waals surface area (Å²) in [4.78, 5) is 19.4. The van der Waals surface area contributed by atoms with Gasteiger partial charge in [-0.05, 0) is 50.5 Å². The van der Waals surface area contributed by atoms with E-state index in [1.807, 2.05) is 13.8 Å². The number of hydrogen-bond donors (Lipinski definition) is 1. The maximum Gasteiger partial charge on any atom is 0.254 e. The molecule has 100 valence electrons. The van der Waals surface area contributed by atoms with Gasteiger partial charge < -0.3 is 4.98 Å². The normalized spacial score (nSPS) is 10.8. The van der Waals surface area contributed by atoms with Crippen LogP contribution in [-0.2, 0) is 6.42 Å². The summed E-state index contributed by atoms with van der Waals surface area (Å²) in [7, 11) is 0. The van der Waals surface area contributed by atoms with Gasteiger partial charge in [0.1, 0.15) is 5.82 Å². The predicted octanol–water partition coefficient (Wildman–Crippen LogP) is 3.23. The van der Waals surface area contributed by atoms with Gasteiger partial charge in [-0.1, -0.05) is 13.0 Å².